The maximum absolute atomic E-state index is 8.30. The maximum Gasteiger partial charge on any atom is 0.0621 e. The lowest BCUT2D eigenvalue weighted by Crippen LogP contribution is -1.80. The Morgan fingerprint density at radius 2 is 1.67 bits per heavy atom. The van der Waals surface area contributed by atoms with Crippen LogP contribution in [0.15, 0.2) is 0 Å². The largest absolute Gasteiger partial charge is 0.198 e. The second kappa shape index (κ2) is 6.06. The van der Waals surface area contributed by atoms with E-state index in [1.807, 2.05) is 0 Å². The Kier molecular flexibility index (Phi) is 4.83. The minimum absolute atomic E-state index is 0.753. The lowest BCUT2D eigenvalue weighted by Gasteiger charge is -1.98. The molecule has 0 saturated heterocycles. The molecule has 0 aromatic rings. The highest BCUT2D eigenvalue weighted by Crippen LogP contribution is 2.34. The molecule has 0 N–H and O–H groups in total. The number of unbranched alkanes of at least 4 members (excludes halogenated alkanes) is 5. The van der Waals surface area contributed by atoms with Crippen LogP contribution in [0.5, 0.6) is 0 Å². The lowest BCUT2D eigenvalue weighted by molar-refractivity contribution is 0.574. The number of nitrogens with zero attached hydrogens (tertiary/aromatic N) is 1. The van der Waals surface area contributed by atoms with Gasteiger partial charge in [-0.3, -0.25) is 0 Å². The van der Waals surface area contributed by atoms with Crippen LogP contribution in [0.2, 0.25) is 0 Å². The maximum atomic E-state index is 8.30. The second-order valence-corrected chi connectivity index (χ2v) is 3.91. The van der Waals surface area contributed by atoms with Gasteiger partial charge >= 0.3 is 0 Å². The first kappa shape index (κ1) is 9.58. The van der Waals surface area contributed by atoms with Crippen LogP contribution in [0.25, 0.3) is 0 Å². The van der Waals surface area contributed by atoms with Crippen molar-refractivity contribution in [1.82, 2.24) is 0 Å². The summed E-state index contributed by atoms with van der Waals surface area (Å²) in [5.74, 6) is 1.10. The average Bonchev–Trinajstić information content (AvgIpc) is 2.87. The van der Waals surface area contributed by atoms with Gasteiger partial charge in [0.15, 0.2) is 0 Å². The smallest absolute Gasteiger partial charge is 0.0621 e. The van der Waals surface area contributed by atoms with Crippen molar-refractivity contribution in [3.05, 3.63) is 0 Å². The highest BCUT2D eigenvalue weighted by Gasteiger charge is 2.19. The highest BCUT2D eigenvalue weighted by atomic mass is 14.3. The Labute approximate surface area is 75.8 Å². The van der Waals surface area contributed by atoms with E-state index >= 15 is 0 Å². The molecule has 0 bridgehead atoms. The third kappa shape index (κ3) is 5.18. The molecule has 1 aliphatic carbocycles. The van der Waals surface area contributed by atoms with E-state index in [0.29, 0.717) is 0 Å². The molecule has 0 unspecified atom stereocenters. The Hall–Kier alpha value is -0.510. The van der Waals surface area contributed by atoms with Gasteiger partial charge in [-0.1, -0.05) is 44.9 Å². The van der Waals surface area contributed by atoms with E-state index < -0.39 is 0 Å². The first-order chi connectivity index (χ1) is 5.93. The molecule has 1 aliphatic rings. The van der Waals surface area contributed by atoms with Crippen LogP contribution in [0, 0.1) is 17.2 Å². The fourth-order valence-corrected chi connectivity index (χ4v) is 1.57. The summed E-state index contributed by atoms with van der Waals surface area (Å²) in [6.07, 6.45) is 11.7. The Bertz CT molecular complexity index is 142. The third-order valence-electron chi connectivity index (χ3n) is 2.60. The fraction of sp³-hybridized carbons (Fsp3) is 0.909. The average molecular weight is 165 g/mol. The van der Waals surface area contributed by atoms with Gasteiger partial charge in [0.2, 0.25) is 0 Å². The first-order valence-corrected chi connectivity index (χ1v) is 5.30. The SMILES string of the molecule is N#CCCCCCCCC1CC1. The third-order valence-corrected chi connectivity index (χ3v) is 2.60. The van der Waals surface area contributed by atoms with Crippen molar-refractivity contribution in [2.45, 2.75) is 57.8 Å². The van der Waals surface area contributed by atoms with Gasteiger partial charge in [-0.05, 0) is 12.3 Å². The minimum Gasteiger partial charge on any atom is -0.198 e. The van der Waals surface area contributed by atoms with Crippen molar-refractivity contribution >= 4 is 0 Å². The van der Waals surface area contributed by atoms with E-state index in [-0.39, 0.29) is 0 Å². The number of hydrogen-bond acceptors (Lipinski definition) is 1. The molecular weight excluding hydrogens is 146 g/mol. The normalized spacial score (nSPS) is 15.9. The highest BCUT2D eigenvalue weighted by molar-refractivity contribution is 4.72. The summed E-state index contributed by atoms with van der Waals surface area (Å²) in [6, 6.07) is 2.19. The van der Waals surface area contributed by atoms with Gasteiger partial charge in [0, 0.05) is 6.42 Å². The summed E-state index contributed by atoms with van der Waals surface area (Å²) in [5, 5.41) is 8.30. The van der Waals surface area contributed by atoms with Crippen molar-refractivity contribution < 1.29 is 0 Å². The zero-order valence-corrected chi connectivity index (χ0v) is 7.89. The summed E-state index contributed by atoms with van der Waals surface area (Å²) >= 11 is 0. The molecule has 1 heteroatoms. The molecule has 0 radical (unpaired) electrons. The molecule has 1 nitrogen and oxygen atoms in total. The van der Waals surface area contributed by atoms with Crippen LogP contribution in [0.1, 0.15) is 57.8 Å². The van der Waals surface area contributed by atoms with Gasteiger partial charge in [-0.25, -0.2) is 0 Å². The van der Waals surface area contributed by atoms with Gasteiger partial charge in [-0.15, -0.1) is 0 Å². The van der Waals surface area contributed by atoms with Crippen molar-refractivity contribution in [2.75, 3.05) is 0 Å². The van der Waals surface area contributed by atoms with Crippen molar-refractivity contribution in [2.24, 2.45) is 5.92 Å². The van der Waals surface area contributed by atoms with Crippen molar-refractivity contribution in [1.29, 1.82) is 5.26 Å². The van der Waals surface area contributed by atoms with Crippen LogP contribution in [-0.4, -0.2) is 0 Å². The quantitative estimate of drug-likeness (QED) is 0.528. The molecule has 12 heavy (non-hydrogen) atoms. The molecule has 0 amide bonds. The summed E-state index contributed by atoms with van der Waals surface area (Å²) in [4.78, 5) is 0. The van der Waals surface area contributed by atoms with E-state index in [1.165, 1.54) is 44.9 Å². The number of hydrogen-bond donors (Lipinski definition) is 0. The topological polar surface area (TPSA) is 23.8 Å². The molecule has 0 atom stereocenters. The molecule has 0 aromatic carbocycles. The predicted molar refractivity (Wildman–Crippen MR) is 50.7 cm³/mol. The summed E-state index contributed by atoms with van der Waals surface area (Å²) in [7, 11) is 0. The molecule has 0 spiro atoms. The van der Waals surface area contributed by atoms with E-state index in [4.69, 9.17) is 5.26 Å². The van der Waals surface area contributed by atoms with Gasteiger partial charge < -0.3 is 0 Å². The fourth-order valence-electron chi connectivity index (χ4n) is 1.57. The van der Waals surface area contributed by atoms with E-state index in [1.54, 1.807) is 0 Å². The van der Waals surface area contributed by atoms with Crippen LogP contribution in [0.4, 0.5) is 0 Å². The minimum atomic E-state index is 0.753. The molecule has 68 valence electrons. The molecule has 0 aromatic heterocycles. The van der Waals surface area contributed by atoms with Gasteiger partial charge in [0.25, 0.3) is 0 Å². The number of rotatable bonds is 7. The van der Waals surface area contributed by atoms with Crippen LogP contribution < -0.4 is 0 Å². The van der Waals surface area contributed by atoms with E-state index in [0.717, 1.165) is 18.8 Å². The zero-order chi connectivity index (χ0) is 8.65. The van der Waals surface area contributed by atoms with Crippen LogP contribution in [0.3, 0.4) is 0 Å². The molecule has 1 fully saturated rings. The Balaban J connectivity index is 1.68. The summed E-state index contributed by atoms with van der Waals surface area (Å²) < 4.78 is 0. The monoisotopic (exact) mass is 165 g/mol. The van der Waals surface area contributed by atoms with Gasteiger partial charge in [-0.2, -0.15) is 5.26 Å². The first-order valence-electron chi connectivity index (χ1n) is 5.30. The Morgan fingerprint density at radius 1 is 1.00 bits per heavy atom. The van der Waals surface area contributed by atoms with E-state index in [9.17, 15) is 0 Å². The Morgan fingerprint density at radius 3 is 2.33 bits per heavy atom. The standard InChI is InChI=1S/C11H19N/c12-10-6-4-2-1-3-5-7-11-8-9-11/h11H,1-9H2. The lowest BCUT2D eigenvalue weighted by atomic mass is 10.1. The van der Waals surface area contributed by atoms with E-state index in [2.05, 4.69) is 6.07 Å². The molecule has 0 heterocycles. The molecule has 1 saturated carbocycles. The van der Waals surface area contributed by atoms with Gasteiger partial charge in [0.1, 0.15) is 0 Å². The molecule has 1 rings (SSSR count). The molecule has 0 aliphatic heterocycles. The van der Waals surface area contributed by atoms with Crippen molar-refractivity contribution in [3.63, 3.8) is 0 Å². The predicted octanol–water partition coefficient (Wildman–Crippen LogP) is 3.65. The summed E-state index contributed by atoms with van der Waals surface area (Å²) in [6.45, 7) is 0. The van der Waals surface area contributed by atoms with Crippen LogP contribution in [-0.2, 0) is 0 Å². The van der Waals surface area contributed by atoms with Crippen LogP contribution >= 0.6 is 0 Å². The second-order valence-electron chi connectivity index (χ2n) is 3.91. The zero-order valence-electron chi connectivity index (χ0n) is 7.89. The number of nitriles is 1. The molecular formula is C11H19N. The van der Waals surface area contributed by atoms with Crippen molar-refractivity contribution in [3.8, 4) is 6.07 Å². The van der Waals surface area contributed by atoms with Gasteiger partial charge in [0.05, 0.1) is 6.07 Å². The summed E-state index contributed by atoms with van der Waals surface area (Å²) in [5.41, 5.74) is 0.